The second-order valence-corrected chi connectivity index (χ2v) is 8.10. The van der Waals surface area contributed by atoms with E-state index in [0.717, 1.165) is 26.7 Å². The molecule has 27 heavy (non-hydrogen) atoms. The maximum absolute atomic E-state index is 12.3. The molecule has 1 aromatic carbocycles. The van der Waals surface area contributed by atoms with Gasteiger partial charge < -0.3 is 5.32 Å². The molecule has 136 valence electrons. The fourth-order valence-corrected chi connectivity index (χ4v) is 4.14. The highest BCUT2D eigenvalue weighted by atomic mass is 32.2. The first kappa shape index (κ1) is 17.7. The number of nitrogens with zero attached hydrogens (tertiary/aromatic N) is 4. The molecule has 0 fully saturated rings. The van der Waals surface area contributed by atoms with Gasteiger partial charge in [0.2, 0.25) is 5.91 Å². The number of thiophene rings is 1. The van der Waals surface area contributed by atoms with Crippen molar-refractivity contribution >= 4 is 40.3 Å². The predicted octanol–water partition coefficient (Wildman–Crippen LogP) is 4.20. The predicted molar refractivity (Wildman–Crippen MR) is 109 cm³/mol. The Morgan fingerprint density at radius 2 is 1.96 bits per heavy atom. The minimum Gasteiger partial charge on any atom is -0.325 e. The van der Waals surface area contributed by atoms with E-state index in [1.807, 2.05) is 55.6 Å². The van der Waals surface area contributed by atoms with Gasteiger partial charge in [-0.05, 0) is 60.7 Å². The van der Waals surface area contributed by atoms with E-state index in [0.29, 0.717) is 11.5 Å². The first-order valence-electron chi connectivity index (χ1n) is 8.36. The van der Waals surface area contributed by atoms with Crippen molar-refractivity contribution < 1.29 is 4.79 Å². The Morgan fingerprint density at radius 3 is 2.70 bits per heavy atom. The second kappa shape index (κ2) is 7.50. The second-order valence-electron chi connectivity index (χ2n) is 6.16. The molecule has 0 unspecified atom stereocenters. The summed E-state index contributed by atoms with van der Waals surface area (Å²) < 4.78 is 1.72. The van der Waals surface area contributed by atoms with Crippen molar-refractivity contribution in [3.05, 3.63) is 59.0 Å². The molecular weight excluding hydrogens is 378 g/mol. The maximum atomic E-state index is 12.3. The highest BCUT2D eigenvalue weighted by Gasteiger charge is 2.12. The highest BCUT2D eigenvalue weighted by Crippen LogP contribution is 2.24. The number of aromatic nitrogens is 4. The number of thioether (sulfide) groups is 1. The topological polar surface area (TPSA) is 72.2 Å². The number of fused-ring (bicyclic) bond motifs is 1. The van der Waals surface area contributed by atoms with Crippen LogP contribution in [-0.2, 0) is 4.79 Å². The lowest BCUT2D eigenvalue weighted by Gasteiger charge is -2.07. The molecular formula is C19H17N5OS2. The summed E-state index contributed by atoms with van der Waals surface area (Å²) >= 11 is 2.97. The number of hydrogen-bond donors (Lipinski definition) is 1. The van der Waals surface area contributed by atoms with Gasteiger partial charge in [-0.1, -0.05) is 23.9 Å². The molecule has 0 radical (unpaired) electrons. The minimum atomic E-state index is -0.0610. The van der Waals surface area contributed by atoms with E-state index < -0.39 is 0 Å². The first-order valence-corrected chi connectivity index (χ1v) is 10.2. The molecule has 1 amide bonds. The van der Waals surface area contributed by atoms with Crippen molar-refractivity contribution in [2.75, 3.05) is 11.1 Å². The minimum absolute atomic E-state index is 0.0610. The molecule has 0 aliphatic rings. The van der Waals surface area contributed by atoms with Crippen molar-refractivity contribution in [3.63, 3.8) is 0 Å². The number of aryl methyl sites for hydroxylation is 2. The highest BCUT2D eigenvalue weighted by molar-refractivity contribution is 7.99. The van der Waals surface area contributed by atoms with E-state index in [-0.39, 0.29) is 11.7 Å². The smallest absolute Gasteiger partial charge is 0.234 e. The summed E-state index contributed by atoms with van der Waals surface area (Å²) in [7, 11) is 0. The van der Waals surface area contributed by atoms with Crippen LogP contribution >= 0.6 is 23.1 Å². The van der Waals surface area contributed by atoms with E-state index in [1.54, 1.807) is 15.9 Å². The van der Waals surface area contributed by atoms with Crippen LogP contribution in [0.15, 0.2) is 52.9 Å². The Bertz CT molecular complexity index is 1080. The molecule has 0 saturated carbocycles. The van der Waals surface area contributed by atoms with Gasteiger partial charge in [0.25, 0.3) is 0 Å². The van der Waals surface area contributed by atoms with E-state index in [9.17, 15) is 4.79 Å². The summed E-state index contributed by atoms with van der Waals surface area (Å²) in [6, 6.07) is 13.7. The molecule has 4 rings (SSSR count). The van der Waals surface area contributed by atoms with Crippen LogP contribution in [0.25, 0.3) is 16.3 Å². The van der Waals surface area contributed by atoms with Gasteiger partial charge in [0.15, 0.2) is 11.5 Å². The molecule has 0 aliphatic heterocycles. The zero-order valence-corrected chi connectivity index (χ0v) is 16.5. The summed E-state index contributed by atoms with van der Waals surface area (Å²) in [6.45, 7) is 4.03. The van der Waals surface area contributed by atoms with Crippen LogP contribution in [0.1, 0.15) is 11.1 Å². The number of benzene rings is 1. The van der Waals surface area contributed by atoms with Crippen LogP contribution in [0.4, 0.5) is 5.69 Å². The molecule has 3 heterocycles. The molecule has 1 N–H and O–H groups in total. The molecule has 8 heteroatoms. The van der Waals surface area contributed by atoms with Gasteiger partial charge in [-0.25, -0.2) is 0 Å². The van der Waals surface area contributed by atoms with Crippen molar-refractivity contribution in [3.8, 4) is 10.7 Å². The van der Waals surface area contributed by atoms with E-state index in [1.165, 1.54) is 11.8 Å². The number of amides is 1. The zero-order chi connectivity index (χ0) is 18.8. The van der Waals surface area contributed by atoms with Crippen molar-refractivity contribution in [1.29, 1.82) is 0 Å². The molecule has 6 nitrogen and oxygen atoms in total. The summed E-state index contributed by atoms with van der Waals surface area (Å²) in [5.74, 6) is 0.929. The average Bonchev–Trinajstić information content (AvgIpc) is 3.28. The zero-order valence-electron chi connectivity index (χ0n) is 14.8. The van der Waals surface area contributed by atoms with Gasteiger partial charge in [0, 0.05) is 5.69 Å². The van der Waals surface area contributed by atoms with E-state index >= 15 is 0 Å². The number of nitrogens with one attached hydrogen (secondary N) is 1. The van der Waals surface area contributed by atoms with E-state index in [4.69, 9.17) is 0 Å². The molecule has 3 aromatic heterocycles. The third-order valence-electron chi connectivity index (χ3n) is 3.84. The Kier molecular flexibility index (Phi) is 4.91. The Labute approximate surface area is 164 Å². The summed E-state index contributed by atoms with van der Waals surface area (Å²) in [5.41, 5.74) is 3.75. The lowest BCUT2D eigenvalue weighted by molar-refractivity contribution is -0.113. The quantitative estimate of drug-likeness (QED) is 0.513. The number of anilines is 1. The van der Waals surface area contributed by atoms with Crippen LogP contribution in [0.5, 0.6) is 0 Å². The summed E-state index contributed by atoms with van der Waals surface area (Å²) in [5, 5.41) is 18.6. The Morgan fingerprint density at radius 1 is 1.15 bits per heavy atom. The van der Waals surface area contributed by atoms with Gasteiger partial charge in [0.1, 0.15) is 5.03 Å². The molecule has 0 bridgehead atoms. The lowest BCUT2D eigenvalue weighted by atomic mass is 10.1. The van der Waals surface area contributed by atoms with Gasteiger partial charge in [-0.2, -0.15) is 9.61 Å². The van der Waals surface area contributed by atoms with Crippen LogP contribution in [0.3, 0.4) is 0 Å². The summed E-state index contributed by atoms with van der Waals surface area (Å²) in [6.07, 6.45) is 0. The third-order valence-corrected chi connectivity index (χ3v) is 5.62. The van der Waals surface area contributed by atoms with Gasteiger partial charge in [-0.15, -0.1) is 21.5 Å². The van der Waals surface area contributed by atoms with E-state index in [2.05, 4.69) is 26.7 Å². The normalized spacial score (nSPS) is 11.0. The van der Waals surface area contributed by atoms with Crippen LogP contribution < -0.4 is 5.32 Å². The lowest BCUT2D eigenvalue weighted by Crippen LogP contribution is -2.14. The fraction of sp³-hybridized carbons (Fsp3) is 0.158. The molecule has 4 aromatic rings. The molecule has 0 saturated heterocycles. The standard InChI is InChI=1S/C19H17N5OS2/c1-12-8-13(2)10-14(9-12)20-17(25)11-27-18-6-5-16-21-22-19(24(16)23-18)15-4-3-7-26-15/h3-10H,11H2,1-2H3,(H,20,25). The fourth-order valence-electron chi connectivity index (χ4n) is 2.79. The largest absolute Gasteiger partial charge is 0.325 e. The number of carbonyl (C=O) groups is 1. The molecule has 0 atom stereocenters. The van der Waals surface area contributed by atoms with Crippen molar-refractivity contribution in [2.45, 2.75) is 18.9 Å². The maximum Gasteiger partial charge on any atom is 0.234 e. The molecule has 0 spiro atoms. The Hall–Kier alpha value is -2.71. The molecule has 0 aliphatic carbocycles. The number of hydrogen-bond acceptors (Lipinski definition) is 6. The van der Waals surface area contributed by atoms with Crippen LogP contribution in [-0.4, -0.2) is 31.5 Å². The number of carbonyl (C=O) groups excluding carboxylic acids is 1. The monoisotopic (exact) mass is 395 g/mol. The van der Waals surface area contributed by atoms with Crippen molar-refractivity contribution in [2.24, 2.45) is 0 Å². The number of rotatable bonds is 5. The van der Waals surface area contributed by atoms with Crippen LogP contribution in [0.2, 0.25) is 0 Å². The summed E-state index contributed by atoms with van der Waals surface area (Å²) in [4.78, 5) is 13.3. The SMILES string of the molecule is Cc1cc(C)cc(NC(=O)CSc2ccc3nnc(-c4cccs4)n3n2)c1. The van der Waals surface area contributed by atoms with Gasteiger partial charge >= 0.3 is 0 Å². The third kappa shape index (κ3) is 4.01. The van der Waals surface area contributed by atoms with Crippen LogP contribution in [0, 0.1) is 13.8 Å². The van der Waals surface area contributed by atoms with Crippen molar-refractivity contribution in [1.82, 2.24) is 19.8 Å². The van der Waals surface area contributed by atoms with Gasteiger partial charge in [0.05, 0.1) is 10.6 Å². The van der Waals surface area contributed by atoms with Gasteiger partial charge in [-0.3, -0.25) is 4.79 Å². The average molecular weight is 396 g/mol. The Balaban J connectivity index is 1.47. The first-order chi connectivity index (χ1) is 13.1.